The third kappa shape index (κ3) is 3.55. The van der Waals surface area contributed by atoms with Gasteiger partial charge in [0.1, 0.15) is 5.75 Å². The minimum atomic E-state index is 0.190. The van der Waals surface area contributed by atoms with Gasteiger partial charge in [-0.05, 0) is 38.1 Å². The molecule has 3 nitrogen and oxygen atoms in total. The zero-order chi connectivity index (χ0) is 13.8. The van der Waals surface area contributed by atoms with Crippen LogP contribution in [-0.2, 0) is 0 Å². The lowest BCUT2D eigenvalue weighted by atomic mass is 10.2. The van der Waals surface area contributed by atoms with Crippen molar-refractivity contribution in [1.29, 1.82) is 0 Å². The smallest absolute Gasteiger partial charge is 0.144 e. The SMILES string of the molecule is CCOc1cc(NC(C)c2ccc(Cl)s2)ccc1N. The molecule has 1 atom stereocenters. The van der Waals surface area contributed by atoms with Crippen molar-refractivity contribution in [1.82, 2.24) is 0 Å². The van der Waals surface area contributed by atoms with E-state index in [0.29, 0.717) is 18.0 Å². The first kappa shape index (κ1) is 14.0. The Morgan fingerprint density at radius 1 is 1.37 bits per heavy atom. The predicted molar refractivity (Wildman–Crippen MR) is 83.4 cm³/mol. The van der Waals surface area contributed by atoms with E-state index in [-0.39, 0.29) is 6.04 Å². The predicted octanol–water partition coefficient (Wildman–Crippen LogP) is 4.56. The van der Waals surface area contributed by atoms with Crippen molar-refractivity contribution in [3.05, 3.63) is 39.5 Å². The summed E-state index contributed by atoms with van der Waals surface area (Å²) in [7, 11) is 0. The lowest BCUT2D eigenvalue weighted by molar-refractivity contribution is 0.342. The van der Waals surface area contributed by atoms with Gasteiger partial charge < -0.3 is 15.8 Å². The molecule has 2 rings (SSSR count). The summed E-state index contributed by atoms with van der Waals surface area (Å²) in [5.74, 6) is 0.712. The van der Waals surface area contributed by atoms with Crippen molar-refractivity contribution in [2.45, 2.75) is 19.9 Å². The number of benzene rings is 1. The van der Waals surface area contributed by atoms with E-state index in [1.807, 2.05) is 37.3 Å². The van der Waals surface area contributed by atoms with Gasteiger partial charge in [-0.1, -0.05) is 11.6 Å². The zero-order valence-corrected chi connectivity index (χ0v) is 12.5. The Kier molecular flexibility index (Phi) is 4.56. The number of nitrogens with one attached hydrogen (secondary N) is 1. The number of anilines is 2. The molecule has 0 radical (unpaired) electrons. The molecule has 5 heteroatoms. The highest BCUT2D eigenvalue weighted by Gasteiger charge is 2.09. The summed E-state index contributed by atoms with van der Waals surface area (Å²) in [5, 5.41) is 3.41. The first-order valence-electron chi connectivity index (χ1n) is 6.14. The second-order valence-electron chi connectivity index (χ2n) is 4.19. The summed E-state index contributed by atoms with van der Waals surface area (Å²) < 4.78 is 6.29. The quantitative estimate of drug-likeness (QED) is 0.795. The Morgan fingerprint density at radius 3 is 2.79 bits per heavy atom. The van der Waals surface area contributed by atoms with Gasteiger partial charge in [-0.15, -0.1) is 11.3 Å². The van der Waals surface area contributed by atoms with Gasteiger partial charge in [0.05, 0.1) is 22.7 Å². The van der Waals surface area contributed by atoms with Crippen LogP contribution in [0, 0.1) is 0 Å². The lowest BCUT2D eigenvalue weighted by Crippen LogP contribution is -2.05. The number of hydrogen-bond acceptors (Lipinski definition) is 4. The Hall–Kier alpha value is -1.39. The highest BCUT2D eigenvalue weighted by Crippen LogP contribution is 2.31. The maximum Gasteiger partial charge on any atom is 0.144 e. The fourth-order valence-electron chi connectivity index (χ4n) is 1.79. The van der Waals surface area contributed by atoms with Crippen LogP contribution in [0.4, 0.5) is 11.4 Å². The monoisotopic (exact) mass is 296 g/mol. The van der Waals surface area contributed by atoms with Crippen molar-refractivity contribution >= 4 is 34.3 Å². The van der Waals surface area contributed by atoms with E-state index in [4.69, 9.17) is 22.1 Å². The van der Waals surface area contributed by atoms with Crippen LogP contribution in [0.1, 0.15) is 24.8 Å². The summed E-state index contributed by atoms with van der Waals surface area (Å²) in [4.78, 5) is 1.19. The van der Waals surface area contributed by atoms with E-state index in [0.717, 1.165) is 10.0 Å². The van der Waals surface area contributed by atoms with Crippen molar-refractivity contribution in [3.63, 3.8) is 0 Å². The summed E-state index contributed by atoms with van der Waals surface area (Å²) >= 11 is 7.53. The zero-order valence-electron chi connectivity index (χ0n) is 10.9. The molecule has 19 heavy (non-hydrogen) atoms. The number of thiophene rings is 1. The van der Waals surface area contributed by atoms with E-state index in [9.17, 15) is 0 Å². The van der Waals surface area contributed by atoms with Crippen LogP contribution >= 0.6 is 22.9 Å². The molecule has 1 aromatic heterocycles. The van der Waals surface area contributed by atoms with Crippen molar-refractivity contribution in [2.75, 3.05) is 17.7 Å². The third-order valence-electron chi connectivity index (χ3n) is 2.72. The van der Waals surface area contributed by atoms with E-state index in [1.165, 1.54) is 4.88 Å². The minimum Gasteiger partial charge on any atom is -0.492 e. The molecule has 0 saturated carbocycles. The van der Waals surface area contributed by atoms with Crippen LogP contribution < -0.4 is 15.8 Å². The average molecular weight is 297 g/mol. The fraction of sp³-hybridized carbons (Fsp3) is 0.286. The number of nitrogens with two attached hydrogens (primary N) is 1. The van der Waals surface area contributed by atoms with Crippen molar-refractivity contribution in [2.24, 2.45) is 0 Å². The number of nitrogen functional groups attached to an aromatic ring is 1. The molecular weight excluding hydrogens is 280 g/mol. The van der Waals surface area contributed by atoms with Crippen LogP contribution in [-0.4, -0.2) is 6.61 Å². The highest BCUT2D eigenvalue weighted by molar-refractivity contribution is 7.16. The molecule has 0 aliphatic heterocycles. The molecule has 102 valence electrons. The van der Waals surface area contributed by atoms with Gasteiger partial charge in [0, 0.05) is 16.6 Å². The molecule has 0 saturated heterocycles. The molecule has 1 aromatic carbocycles. The molecule has 0 aliphatic rings. The molecule has 0 fully saturated rings. The van der Waals surface area contributed by atoms with Crippen molar-refractivity contribution < 1.29 is 4.74 Å². The van der Waals surface area contributed by atoms with E-state index in [1.54, 1.807) is 11.3 Å². The Labute approximate surface area is 122 Å². The summed E-state index contributed by atoms with van der Waals surface area (Å²) in [6.45, 7) is 4.64. The largest absolute Gasteiger partial charge is 0.492 e. The second-order valence-corrected chi connectivity index (χ2v) is 5.94. The summed E-state index contributed by atoms with van der Waals surface area (Å²) in [5.41, 5.74) is 7.49. The van der Waals surface area contributed by atoms with Crippen LogP contribution in [0.5, 0.6) is 5.75 Å². The lowest BCUT2D eigenvalue weighted by Gasteiger charge is -2.15. The number of hydrogen-bond donors (Lipinski definition) is 2. The molecule has 0 bridgehead atoms. The molecule has 1 heterocycles. The standard InChI is InChI=1S/C14H17ClN2OS/c1-3-18-12-8-10(4-5-11(12)16)17-9(2)13-6-7-14(15)19-13/h4-9,17H,3,16H2,1-2H3. The molecule has 2 aromatic rings. The molecule has 0 spiro atoms. The molecule has 0 aliphatic carbocycles. The van der Waals surface area contributed by atoms with E-state index < -0.39 is 0 Å². The van der Waals surface area contributed by atoms with Gasteiger partial charge in [0.25, 0.3) is 0 Å². The topological polar surface area (TPSA) is 47.3 Å². The Morgan fingerprint density at radius 2 is 2.16 bits per heavy atom. The van der Waals surface area contributed by atoms with E-state index >= 15 is 0 Å². The maximum atomic E-state index is 5.95. The van der Waals surface area contributed by atoms with Crippen LogP contribution in [0.3, 0.4) is 0 Å². The molecule has 1 unspecified atom stereocenters. The summed E-state index contributed by atoms with van der Waals surface area (Å²) in [6, 6.07) is 9.85. The number of rotatable bonds is 5. The van der Waals surface area contributed by atoms with Gasteiger partial charge in [-0.3, -0.25) is 0 Å². The number of halogens is 1. The molecule has 3 N–H and O–H groups in total. The van der Waals surface area contributed by atoms with Gasteiger partial charge >= 0.3 is 0 Å². The highest BCUT2D eigenvalue weighted by atomic mass is 35.5. The Bertz CT molecular complexity index is 556. The first-order chi connectivity index (χ1) is 9.10. The Balaban J connectivity index is 2.12. The van der Waals surface area contributed by atoms with Gasteiger partial charge in [-0.25, -0.2) is 0 Å². The van der Waals surface area contributed by atoms with Crippen LogP contribution in [0.2, 0.25) is 4.34 Å². The first-order valence-corrected chi connectivity index (χ1v) is 7.33. The van der Waals surface area contributed by atoms with Crippen LogP contribution in [0.15, 0.2) is 30.3 Å². The van der Waals surface area contributed by atoms with Crippen LogP contribution in [0.25, 0.3) is 0 Å². The van der Waals surface area contributed by atoms with Gasteiger partial charge in [-0.2, -0.15) is 0 Å². The third-order valence-corrected chi connectivity index (χ3v) is 4.13. The van der Waals surface area contributed by atoms with Crippen molar-refractivity contribution in [3.8, 4) is 5.75 Å². The maximum absolute atomic E-state index is 5.95. The fourth-order valence-corrected chi connectivity index (χ4v) is 2.85. The average Bonchev–Trinajstić information content (AvgIpc) is 2.80. The molecular formula is C14H17ClN2OS. The minimum absolute atomic E-state index is 0.190. The summed E-state index contributed by atoms with van der Waals surface area (Å²) in [6.07, 6.45) is 0. The second kappa shape index (κ2) is 6.17. The van der Waals surface area contributed by atoms with Gasteiger partial charge in [0.2, 0.25) is 0 Å². The van der Waals surface area contributed by atoms with E-state index in [2.05, 4.69) is 12.2 Å². The number of ether oxygens (including phenoxy) is 1. The van der Waals surface area contributed by atoms with Gasteiger partial charge in [0.15, 0.2) is 0 Å². The normalized spacial score (nSPS) is 12.2. The molecule has 0 amide bonds.